The maximum absolute atomic E-state index is 12.8. The molecule has 1 aliphatic heterocycles. The molecule has 1 aromatic rings. The molecule has 0 saturated heterocycles. The number of hydrogen-bond donors (Lipinski definition) is 1. The van der Waals surface area contributed by atoms with E-state index >= 15 is 0 Å². The van der Waals surface area contributed by atoms with Gasteiger partial charge >= 0.3 is 5.97 Å². The molecule has 31 heavy (non-hydrogen) atoms. The molecule has 2 rings (SSSR count). The van der Waals surface area contributed by atoms with Gasteiger partial charge in [0.05, 0.1) is 0 Å². The molecule has 172 valence electrons. The molecule has 0 aromatic heterocycles. The number of anilines is 1. The minimum Gasteiger partial charge on any atom is -0.480 e. The van der Waals surface area contributed by atoms with Crippen molar-refractivity contribution in [1.82, 2.24) is 9.80 Å². The van der Waals surface area contributed by atoms with Crippen molar-refractivity contribution in [3.05, 3.63) is 29.3 Å². The lowest BCUT2D eigenvalue weighted by atomic mass is 10.0. The van der Waals surface area contributed by atoms with Crippen LogP contribution in [0.5, 0.6) is 0 Å². The maximum atomic E-state index is 12.8. The number of carboxylic acids is 1. The Morgan fingerprint density at radius 3 is 2.32 bits per heavy atom. The number of fused-ring (bicyclic) bond motifs is 1. The van der Waals surface area contributed by atoms with Gasteiger partial charge in [0.1, 0.15) is 6.54 Å². The average Bonchev–Trinajstić information content (AvgIpc) is 2.67. The Morgan fingerprint density at radius 2 is 1.71 bits per heavy atom. The number of rotatable bonds is 5. The van der Waals surface area contributed by atoms with Crippen LogP contribution in [0.4, 0.5) is 5.69 Å². The third-order valence-corrected chi connectivity index (χ3v) is 5.59. The van der Waals surface area contributed by atoms with Gasteiger partial charge in [-0.15, -0.1) is 0 Å². The molecule has 7 nitrogen and oxygen atoms in total. The van der Waals surface area contributed by atoms with Crippen LogP contribution in [0.25, 0.3) is 0 Å². The number of benzene rings is 1. The third-order valence-electron chi connectivity index (χ3n) is 5.59. The first-order valence-corrected chi connectivity index (χ1v) is 11.3. The molecule has 0 fully saturated rings. The molecule has 0 aliphatic carbocycles. The molecular formula is C24H37N3O4. The highest BCUT2D eigenvalue weighted by Crippen LogP contribution is 2.26. The predicted molar refractivity (Wildman–Crippen MR) is 122 cm³/mol. The number of likely N-dealkylation sites (N-methyl/N-ethyl adjacent to an activating group) is 1. The molecule has 2 amide bonds. The summed E-state index contributed by atoms with van der Waals surface area (Å²) in [4.78, 5) is 41.7. The van der Waals surface area contributed by atoms with Crippen molar-refractivity contribution in [3.8, 4) is 0 Å². The molecule has 1 heterocycles. The van der Waals surface area contributed by atoms with Gasteiger partial charge in [0.15, 0.2) is 0 Å². The maximum Gasteiger partial charge on any atom is 0.323 e. The normalized spacial score (nSPS) is 16.2. The summed E-state index contributed by atoms with van der Waals surface area (Å²) in [5.41, 5.74) is 2.23. The summed E-state index contributed by atoms with van der Waals surface area (Å²) in [6.45, 7) is 8.86. The first-order chi connectivity index (χ1) is 14.7. The first kappa shape index (κ1) is 24.9. The summed E-state index contributed by atoms with van der Waals surface area (Å²) in [7, 11) is 1.49. The molecule has 0 atom stereocenters. The largest absolute Gasteiger partial charge is 0.480 e. The lowest BCUT2D eigenvalue weighted by molar-refractivity contribution is -0.137. The molecule has 1 aliphatic rings. The van der Waals surface area contributed by atoms with E-state index in [1.807, 2.05) is 17.0 Å². The number of carbonyl (C=O) groups is 3. The van der Waals surface area contributed by atoms with E-state index < -0.39 is 5.97 Å². The van der Waals surface area contributed by atoms with E-state index in [1.165, 1.54) is 24.8 Å². The highest BCUT2D eigenvalue weighted by molar-refractivity contribution is 5.98. The van der Waals surface area contributed by atoms with Crippen LogP contribution in [-0.2, 0) is 16.1 Å². The van der Waals surface area contributed by atoms with Gasteiger partial charge in [0.25, 0.3) is 5.91 Å². The Kier molecular flexibility index (Phi) is 9.49. The molecule has 0 radical (unpaired) electrons. The fourth-order valence-corrected chi connectivity index (χ4v) is 4.18. The van der Waals surface area contributed by atoms with Crippen molar-refractivity contribution in [3.63, 3.8) is 0 Å². The standard InChI is InChI=1S/C24H37N3O4/c1-18(2)15-26-12-8-6-5-7-9-13-27(19(3)28)22-11-10-20(14-21(22)16-26)24(31)25(4)17-23(29)30/h10-11,14,18H,5-9,12-13,15-17H2,1-4H3,(H,29,30). The van der Waals surface area contributed by atoms with Gasteiger partial charge in [-0.3, -0.25) is 19.3 Å². The smallest absolute Gasteiger partial charge is 0.323 e. The summed E-state index contributed by atoms with van der Waals surface area (Å²) in [6, 6.07) is 5.39. The minimum absolute atomic E-state index is 0.00390. The van der Waals surface area contributed by atoms with E-state index in [9.17, 15) is 14.4 Å². The van der Waals surface area contributed by atoms with Crippen molar-refractivity contribution >= 4 is 23.5 Å². The highest BCUT2D eigenvalue weighted by atomic mass is 16.4. The Balaban J connectivity index is 2.45. The minimum atomic E-state index is -1.05. The van der Waals surface area contributed by atoms with Crippen molar-refractivity contribution < 1.29 is 19.5 Å². The number of aliphatic carboxylic acids is 1. The Morgan fingerprint density at radius 1 is 1.06 bits per heavy atom. The molecule has 0 saturated carbocycles. The summed E-state index contributed by atoms with van der Waals surface area (Å²) >= 11 is 0. The second-order valence-electron chi connectivity index (χ2n) is 8.97. The topological polar surface area (TPSA) is 81.2 Å². The average molecular weight is 432 g/mol. The second-order valence-corrected chi connectivity index (χ2v) is 8.97. The van der Waals surface area contributed by atoms with E-state index in [1.54, 1.807) is 13.0 Å². The SMILES string of the molecule is CC(=O)N1CCCCCCCN(CC(C)C)Cc2cc(C(=O)N(C)CC(=O)O)ccc21. The number of nitrogens with zero attached hydrogens (tertiary/aromatic N) is 3. The molecule has 1 aromatic carbocycles. The van der Waals surface area contributed by atoms with E-state index in [4.69, 9.17) is 5.11 Å². The summed E-state index contributed by atoms with van der Waals surface area (Å²) in [5, 5.41) is 9.02. The van der Waals surface area contributed by atoms with Crippen LogP contribution in [-0.4, -0.2) is 65.9 Å². The fraction of sp³-hybridized carbons (Fsp3) is 0.625. The summed E-state index contributed by atoms with van der Waals surface area (Å²) in [6.07, 6.45) is 5.55. The van der Waals surface area contributed by atoms with E-state index in [0.717, 1.165) is 43.6 Å². The van der Waals surface area contributed by atoms with Gasteiger partial charge in [0, 0.05) is 44.9 Å². The van der Waals surface area contributed by atoms with E-state index in [0.29, 0.717) is 24.6 Å². The number of carboxylic acid groups (broad SMARTS) is 1. The Hall–Kier alpha value is -2.41. The highest BCUT2D eigenvalue weighted by Gasteiger charge is 2.22. The number of amides is 2. The third kappa shape index (κ3) is 7.65. The van der Waals surface area contributed by atoms with Crippen molar-refractivity contribution in [2.45, 2.75) is 59.4 Å². The molecule has 0 spiro atoms. The van der Waals surface area contributed by atoms with Gasteiger partial charge in [-0.2, -0.15) is 0 Å². The Bertz CT molecular complexity index is 778. The molecule has 1 N–H and O–H groups in total. The van der Waals surface area contributed by atoms with Crippen molar-refractivity contribution in [1.29, 1.82) is 0 Å². The molecular weight excluding hydrogens is 394 g/mol. The van der Waals surface area contributed by atoms with Crippen LogP contribution in [0.15, 0.2) is 18.2 Å². The number of carbonyl (C=O) groups excluding carboxylic acids is 2. The van der Waals surface area contributed by atoms with Gasteiger partial charge < -0.3 is 14.9 Å². The van der Waals surface area contributed by atoms with Gasteiger partial charge in [0.2, 0.25) is 5.91 Å². The van der Waals surface area contributed by atoms with Crippen molar-refractivity contribution in [2.24, 2.45) is 5.92 Å². The second kappa shape index (κ2) is 11.8. The van der Waals surface area contributed by atoms with Crippen LogP contribution in [0.1, 0.15) is 68.8 Å². The summed E-state index contributed by atoms with van der Waals surface area (Å²) in [5.74, 6) is -0.878. The number of hydrogen-bond acceptors (Lipinski definition) is 4. The van der Waals surface area contributed by atoms with Gasteiger partial charge in [-0.05, 0) is 49.1 Å². The van der Waals surface area contributed by atoms with Crippen molar-refractivity contribution in [2.75, 3.05) is 38.1 Å². The van der Waals surface area contributed by atoms with Gasteiger partial charge in [-0.25, -0.2) is 0 Å². The van der Waals surface area contributed by atoms with Crippen LogP contribution in [0.3, 0.4) is 0 Å². The first-order valence-electron chi connectivity index (χ1n) is 11.3. The van der Waals surface area contributed by atoms with Gasteiger partial charge in [-0.1, -0.05) is 33.1 Å². The Labute approximate surface area is 186 Å². The van der Waals surface area contributed by atoms with Crippen LogP contribution in [0.2, 0.25) is 0 Å². The monoisotopic (exact) mass is 431 g/mol. The van der Waals surface area contributed by atoms with Crippen LogP contribution >= 0.6 is 0 Å². The zero-order valence-electron chi connectivity index (χ0n) is 19.4. The predicted octanol–water partition coefficient (Wildman–Crippen LogP) is 3.62. The lowest BCUT2D eigenvalue weighted by Gasteiger charge is -2.30. The quantitative estimate of drug-likeness (QED) is 0.770. The fourth-order valence-electron chi connectivity index (χ4n) is 4.18. The van der Waals surface area contributed by atoms with Crippen LogP contribution in [0, 0.1) is 5.92 Å². The zero-order valence-corrected chi connectivity index (χ0v) is 19.4. The zero-order chi connectivity index (χ0) is 23.0. The summed E-state index contributed by atoms with van der Waals surface area (Å²) < 4.78 is 0. The molecule has 0 unspecified atom stereocenters. The van der Waals surface area contributed by atoms with Crippen LogP contribution < -0.4 is 4.90 Å². The lowest BCUT2D eigenvalue weighted by Crippen LogP contribution is -2.34. The molecule has 0 bridgehead atoms. The van der Waals surface area contributed by atoms with E-state index in [-0.39, 0.29) is 18.4 Å². The molecule has 7 heteroatoms. The van der Waals surface area contributed by atoms with E-state index in [2.05, 4.69) is 18.7 Å².